The third kappa shape index (κ3) is 2.63. The molecule has 5 nitrogen and oxygen atoms in total. The minimum Gasteiger partial charge on any atom is -0.454 e. The van der Waals surface area contributed by atoms with Crippen molar-refractivity contribution >= 4 is 0 Å². The molecular formula is C11H15NO4. The zero-order valence-corrected chi connectivity index (χ0v) is 8.89. The van der Waals surface area contributed by atoms with Crippen molar-refractivity contribution in [2.45, 2.75) is 12.7 Å². The normalized spacial score (nSPS) is 15.1. The van der Waals surface area contributed by atoms with Gasteiger partial charge in [0.1, 0.15) is 0 Å². The van der Waals surface area contributed by atoms with E-state index in [0.29, 0.717) is 6.61 Å². The zero-order chi connectivity index (χ0) is 11.4. The predicted octanol–water partition coefficient (Wildman–Crippen LogP) is 0.251. The van der Waals surface area contributed by atoms with Crippen LogP contribution in [0.25, 0.3) is 0 Å². The Hall–Kier alpha value is -1.30. The Morgan fingerprint density at radius 2 is 2.19 bits per heavy atom. The molecule has 88 valence electrons. The van der Waals surface area contributed by atoms with Crippen LogP contribution in [0.15, 0.2) is 18.2 Å². The van der Waals surface area contributed by atoms with E-state index in [1.165, 1.54) is 0 Å². The minimum atomic E-state index is -0.603. The quantitative estimate of drug-likeness (QED) is 0.751. The molecule has 16 heavy (non-hydrogen) atoms. The molecule has 1 unspecified atom stereocenters. The van der Waals surface area contributed by atoms with Crippen molar-refractivity contribution < 1.29 is 19.3 Å². The Kier molecular flexibility index (Phi) is 3.61. The van der Waals surface area contributed by atoms with Gasteiger partial charge in [-0.05, 0) is 17.7 Å². The van der Waals surface area contributed by atoms with Gasteiger partial charge in [-0.1, -0.05) is 6.07 Å². The topological polar surface area (TPSA) is 73.9 Å². The van der Waals surface area contributed by atoms with Gasteiger partial charge in [0.25, 0.3) is 0 Å². The van der Waals surface area contributed by atoms with E-state index in [0.717, 1.165) is 17.1 Å². The van der Waals surface area contributed by atoms with Crippen molar-refractivity contribution in [1.82, 2.24) is 0 Å². The van der Waals surface area contributed by atoms with Crippen molar-refractivity contribution in [1.29, 1.82) is 0 Å². The van der Waals surface area contributed by atoms with E-state index in [1.807, 2.05) is 18.2 Å². The summed E-state index contributed by atoms with van der Waals surface area (Å²) >= 11 is 0. The van der Waals surface area contributed by atoms with Gasteiger partial charge in [-0.3, -0.25) is 0 Å². The number of hydrogen-bond donors (Lipinski definition) is 2. The number of aliphatic hydroxyl groups excluding tert-OH is 1. The molecule has 0 saturated heterocycles. The van der Waals surface area contributed by atoms with E-state index >= 15 is 0 Å². The van der Waals surface area contributed by atoms with Gasteiger partial charge in [0, 0.05) is 6.54 Å². The third-order valence-electron chi connectivity index (χ3n) is 2.29. The van der Waals surface area contributed by atoms with Gasteiger partial charge >= 0.3 is 0 Å². The number of benzene rings is 1. The molecule has 0 amide bonds. The molecule has 0 spiro atoms. The van der Waals surface area contributed by atoms with Gasteiger partial charge in [-0.15, -0.1) is 0 Å². The lowest BCUT2D eigenvalue weighted by Crippen LogP contribution is -2.24. The number of hydrogen-bond acceptors (Lipinski definition) is 5. The van der Waals surface area contributed by atoms with Gasteiger partial charge < -0.3 is 25.1 Å². The molecule has 0 fully saturated rings. The van der Waals surface area contributed by atoms with E-state index in [2.05, 4.69) is 0 Å². The van der Waals surface area contributed by atoms with E-state index in [4.69, 9.17) is 19.9 Å². The molecular weight excluding hydrogens is 210 g/mol. The third-order valence-corrected chi connectivity index (χ3v) is 2.29. The van der Waals surface area contributed by atoms with Gasteiger partial charge in [0.05, 0.1) is 19.3 Å². The molecule has 0 aliphatic carbocycles. The number of ether oxygens (including phenoxy) is 3. The summed E-state index contributed by atoms with van der Waals surface area (Å²) in [5.74, 6) is 1.49. The molecule has 1 aliphatic rings. The Bertz CT molecular complexity index is 356. The average Bonchev–Trinajstić information content (AvgIpc) is 2.76. The number of nitrogens with two attached hydrogens (primary N) is 1. The predicted molar refractivity (Wildman–Crippen MR) is 57.3 cm³/mol. The fourth-order valence-electron chi connectivity index (χ4n) is 1.41. The zero-order valence-electron chi connectivity index (χ0n) is 8.89. The highest BCUT2D eigenvalue weighted by molar-refractivity contribution is 5.44. The highest BCUT2D eigenvalue weighted by atomic mass is 16.7. The largest absolute Gasteiger partial charge is 0.454 e. The molecule has 1 heterocycles. The molecule has 1 aliphatic heterocycles. The summed E-state index contributed by atoms with van der Waals surface area (Å²) in [7, 11) is 0. The second-order valence-corrected chi connectivity index (χ2v) is 3.59. The standard InChI is InChI=1S/C11H15NO4/c12-4-9(13)6-14-5-8-1-2-10-11(3-8)16-7-15-10/h1-3,9,13H,4-7,12H2. The first-order chi connectivity index (χ1) is 7.79. The lowest BCUT2D eigenvalue weighted by Gasteiger charge is -2.08. The summed E-state index contributed by atoms with van der Waals surface area (Å²) in [6.07, 6.45) is -0.603. The second-order valence-electron chi connectivity index (χ2n) is 3.59. The fourth-order valence-corrected chi connectivity index (χ4v) is 1.41. The summed E-state index contributed by atoms with van der Waals surface area (Å²) in [6.45, 7) is 1.14. The van der Waals surface area contributed by atoms with Crippen LogP contribution in [-0.2, 0) is 11.3 Å². The average molecular weight is 225 g/mol. The maximum atomic E-state index is 9.20. The van der Waals surface area contributed by atoms with Crippen LogP contribution < -0.4 is 15.2 Å². The van der Waals surface area contributed by atoms with E-state index < -0.39 is 6.10 Å². The fraction of sp³-hybridized carbons (Fsp3) is 0.455. The van der Waals surface area contributed by atoms with Crippen LogP contribution in [0.3, 0.4) is 0 Å². The summed E-state index contributed by atoms with van der Waals surface area (Å²) in [4.78, 5) is 0. The Morgan fingerprint density at radius 3 is 3.00 bits per heavy atom. The van der Waals surface area contributed by atoms with Gasteiger partial charge in [-0.25, -0.2) is 0 Å². The SMILES string of the molecule is NCC(O)COCc1ccc2c(c1)OCO2. The van der Waals surface area contributed by atoms with Crippen LogP contribution in [0.1, 0.15) is 5.56 Å². The van der Waals surface area contributed by atoms with Crippen molar-refractivity contribution in [3.8, 4) is 11.5 Å². The Labute approximate surface area is 93.7 Å². The van der Waals surface area contributed by atoms with Crippen molar-refractivity contribution in [2.75, 3.05) is 19.9 Å². The maximum absolute atomic E-state index is 9.20. The molecule has 0 bridgehead atoms. The monoisotopic (exact) mass is 225 g/mol. The molecule has 2 rings (SSSR count). The van der Waals surface area contributed by atoms with Crippen molar-refractivity contribution in [2.24, 2.45) is 5.73 Å². The summed E-state index contributed by atoms with van der Waals surface area (Å²) in [5.41, 5.74) is 6.24. The van der Waals surface area contributed by atoms with Crippen molar-refractivity contribution in [3.05, 3.63) is 23.8 Å². The minimum absolute atomic E-state index is 0.209. The number of aliphatic hydroxyl groups is 1. The van der Waals surface area contributed by atoms with Crippen LogP contribution in [0.4, 0.5) is 0 Å². The van der Waals surface area contributed by atoms with Crippen LogP contribution in [-0.4, -0.2) is 31.2 Å². The van der Waals surface area contributed by atoms with Gasteiger partial charge in [-0.2, -0.15) is 0 Å². The van der Waals surface area contributed by atoms with Crippen LogP contribution in [0, 0.1) is 0 Å². The second kappa shape index (κ2) is 5.16. The van der Waals surface area contributed by atoms with Gasteiger partial charge in [0.2, 0.25) is 6.79 Å². The van der Waals surface area contributed by atoms with E-state index in [1.54, 1.807) is 0 Å². The number of rotatable bonds is 5. The van der Waals surface area contributed by atoms with Crippen molar-refractivity contribution in [3.63, 3.8) is 0 Å². The first kappa shape index (κ1) is 11.2. The van der Waals surface area contributed by atoms with Crippen LogP contribution in [0.5, 0.6) is 11.5 Å². The highest BCUT2D eigenvalue weighted by Crippen LogP contribution is 2.32. The molecule has 1 atom stereocenters. The Morgan fingerprint density at radius 1 is 1.38 bits per heavy atom. The van der Waals surface area contributed by atoms with E-state index in [-0.39, 0.29) is 19.9 Å². The lowest BCUT2D eigenvalue weighted by molar-refractivity contribution is 0.0328. The number of fused-ring (bicyclic) bond motifs is 1. The summed E-state index contributed by atoms with van der Waals surface area (Å²) in [5, 5.41) is 9.20. The molecule has 5 heteroatoms. The molecule has 1 aromatic carbocycles. The molecule has 3 N–H and O–H groups in total. The molecule has 1 aromatic rings. The Balaban J connectivity index is 1.86. The van der Waals surface area contributed by atoms with Crippen LogP contribution >= 0.6 is 0 Å². The van der Waals surface area contributed by atoms with Gasteiger partial charge in [0.15, 0.2) is 11.5 Å². The smallest absolute Gasteiger partial charge is 0.231 e. The molecule has 0 saturated carbocycles. The molecule has 0 aromatic heterocycles. The van der Waals surface area contributed by atoms with E-state index in [9.17, 15) is 5.11 Å². The summed E-state index contributed by atoms with van der Waals surface area (Å²) in [6, 6.07) is 5.62. The lowest BCUT2D eigenvalue weighted by atomic mass is 10.2. The van der Waals surface area contributed by atoms with Crippen LogP contribution in [0.2, 0.25) is 0 Å². The first-order valence-corrected chi connectivity index (χ1v) is 5.14. The summed E-state index contributed by atoms with van der Waals surface area (Å²) < 4.78 is 15.7. The highest BCUT2D eigenvalue weighted by Gasteiger charge is 2.13. The first-order valence-electron chi connectivity index (χ1n) is 5.14. The molecule has 0 radical (unpaired) electrons. The maximum Gasteiger partial charge on any atom is 0.231 e.